The summed E-state index contributed by atoms with van der Waals surface area (Å²) in [4.78, 5) is 0. The Balaban J connectivity index is -0.0000000669. The third-order valence-electron chi connectivity index (χ3n) is 3.15. The average Bonchev–Trinajstić information content (AvgIpc) is 2.51. The summed E-state index contributed by atoms with van der Waals surface area (Å²) < 4.78 is 0. The van der Waals surface area contributed by atoms with Gasteiger partial charge in [0.05, 0.1) is 0 Å². The quantitative estimate of drug-likeness (QED) is 0.311. The number of hydrogen-bond donors (Lipinski definition) is 1. The molecule has 0 spiro atoms. The Labute approximate surface area is 159 Å². The van der Waals surface area contributed by atoms with E-state index in [1.165, 1.54) is 12.8 Å². The topological polar surface area (TPSA) is 12.0 Å². The van der Waals surface area contributed by atoms with Gasteiger partial charge in [-0.3, -0.25) is 0 Å². The van der Waals surface area contributed by atoms with Crippen LogP contribution in [0.3, 0.4) is 0 Å². The van der Waals surface area contributed by atoms with Gasteiger partial charge in [-0.25, -0.2) is 0 Å². The second kappa shape index (κ2) is 30.6. The van der Waals surface area contributed by atoms with E-state index < -0.39 is 0 Å². The summed E-state index contributed by atoms with van der Waals surface area (Å²) >= 11 is 0. The van der Waals surface area contributed by atoms with E-state index in [2.05, 4.69) is 94.4 Å². The SMILES string of the molecule is C#CC.CC.CC(C)C(C)(C)P.CC=CC(C)CC.CCCNC. The van der Waals surface area contributed by atoms with Gasteiger partial charge in [0.15, 0.2) is 0 Å². The molecular weight excluding hydrogens is 309 g/mol. The largest absolute Gasteiger partial charge is 0.320 e. The van der Waals surface area contributed by atoms with Crippen LogP contribution in [0.15, 0.2) is 12.2 Å². The third-order valence-corrected chi connectivity index (χ3v) is 3.82. The Morgan fingerprint density at radius 1 is 1.17 bits per heavy atom. The van der Waals surface area contributed by atoms with Crippen molar-refractivity contribution < 1.29 is 0 Å². The number of nitrogens with one attached hydrogen (secondary N) is 1. The van der Waals surface area contributed by atoms with Crippen molar-refractivity contribution in [1.82, 2.24) is 5.32 Å². The van der Waals surface area contributed by atoms with Crippen LogP contribution in [-0.4, -0.2) is 18.7 Å². The predicted octanol–water partition coefficient (Wildman–Crippen LogP) is 7.19. The molecule has 148 valence electrons. The summed E-state index contributed by atoms with van der Waals surface area (Å²) in [7, 11) is 4.79. The predicted molar refractivity (Wildman–Crippen MR) is 123 cm³/mol. The van der Waals surface area contributed by atoms with E-state index in [4.69, 9.17) is 0 Å². The van der Waals surface area contributed by atoms with Gasteiger partial charge in [0.25, 0.3) is 0 Å². The second-order valence-corrected chi connectivity index (χ2v) is 7.77. The third kappa shape index (κ3) is 57.7. The van der Waals surface area contributed by atoms with Crippen LogP contribution < -0.4 is 5.32 Å². The highest BCUT2D eigenvalue weighted by atomic mass is 31.0. The van der Waals surface area contributed by atoms with Gasteiger partial charge in [0.2, 0.25) is 0 Å². The van der Waals surface area contributed by atoms with Crippen LogP contribution in [-0.2, 0) is 0 Å². The summed E-state index contributed by atoms with van der Waals surface area (Å²) in [6.07, 6.45) is 11.4. The zero-order valence-electron chi connectivity index (χ0n) is 19.1. The first-order valence-corrected chi connectivity index (χ1v) is 10.1. The lowest BCUT2D eigenvalue weighted by atomic mass is 10.00. The van der Waals surface area contributed by atoms with Crippen molar-refractivity contribution in [1.29, 1.82) is 0 Å². The normalized spacial score (nSPS) is 10.5. The average molecular weight is 360 g/mol. The van der Waals surface area contributed by atoms with Crippen LogP contribution in [0, 0.1) is 24.2 Å². The fourth-order valence-electron chi connectivity index (χ4n) is 0.715. The van der Waals surface area contributed by atoms with Crippen molar-refractivity contribution in [3.05, 3.63) is 12.2 Å². The molecule has 1 nitrogen and oxygen atoms in total. The molecule has 2 atom stereocenters. The Hall–Kier alpha value is -0.310. The van der Waals surface area contributed by atoms with Crippen molar-refractivity contribution in [2.45, 2.75) is 94.2 Å². The van der Waals surface area contributed by atoms with E-state index in [-0.39, 0.29) is 0 Å². The number of hydrogen-bond acceptors (Lipinski definition) is 1. The van der Waals surface area contributed by atoms with E-state index in [0.29, 0.717) is 5.16 Å². The van der Waals surface area contributed by atoms with E-state index in [1.807, 2.05) is 20.9 Å². The maximum atomic E-state index is 4.60. The fourth-order valence-corrected chi connectivity index (χ4v) is 0.715. The van der Waals surface area contributed by atoms with E-state index in [9.17, 15) is 0 Å². The maximum Gasteiger partial charge on any atom is -0.00297 e. The summed E-state index contributed by atoms with van der Waals surface area (Å²) in [5.41, 5.74) is 0. The number of terminal acetylenes is 1. The Morgan fingerprint density at radius 2 is 1.50 bits per heavy atom. The molecule has 0 aliphatic rings. The summed E-state index contributed by atoms with van der Waals surface area (Å²) in [5.74, 6) is 3.78. The highest BCUT2D eigenvalue weighted by Gasteiger charge is 2.13. The molecule has 24 heavy (non-hydrogen) atoms. The lowest BCUT2D eigenvalue weighted by Gasteiger charge is -2.22. The van der Waals surface area contributed by atoms with Crippen LogP contribution in [0.4, 0.5) is 0 Å². The van der Waals surface area contributed by atoms with Gasteiger partial charge >= 0.3 is 0 Å². The molecule has 0 radical (unpaired) electrons. The molecule has 0 saturated heterocycles. The molecule has 0 amide bonds. The minimum atomic E-state index is 0.417. The molecule has 0 aliphatic heterocycles. The Kier molecular flexibility index (Phi) is 44.5. The van der Waals surface area contributed by atoms with Gasteiger partial charge in [-0.1, -0.05) is 80.9 Å². The zero-order chi connectivity index (χ0) is 20.6. The Morgan fingerprint density at radius 3 is 1.54 bits per heavy atom. The minimum absolute atomic E-state index is 0.417. The lowest BCUT2D eigenvalue weighted by Crippen LogP contribution is -2.17. The molecule has 0 rings (SSSR count). The van der Waals surface area contributed by atoms with Gasteiger partial charge in [-0.2, -0.15) is 0 Å². The number of allylic oxidation sites excluding steroid dienone is 2. The van der Waals surface area contributed by atoms with Gasteiger partial charge in [-0.05, 0) is 50.9 Å². The molecule has 1 N–H and O–H groups in total. The molecular formula is C22H50NP. The first-order valence-electron chi connectivity index (χ1n) is 9.52. The lowest BCUT2D eigenvalue weighted by molar-refractivity contribution is 0.503. The van der Waals surface area contributed by atoms with Crippen molar-refractivity contribution >= 4 is 9.24 Å². The van der Waals surface area contributed by atoms with E-state index >= 15 is 0 Å². The molecule has 0 saturated carbocycles. The van der Waals surface area contributed by atoms with Gasteiger partial charge < -0.3 is 5.32 Å². The van der Waals surface area contributed by atoms with Crippen LogP contribution in [0.1, 0.15) is 89.0 Å². The number of rotatable bonds is 5. The molecule has 0 aromatic carbocycles. The first-order chi connectivity index (χ1) is 11.1. The van der Waals surface area contributed by atoms with E-state index in [0.717, 1.165) is 18.4 Å². The molecule has 0 bridgehead atoms. The monoisotopic (exact) mass is 359 g/mol. The van der Waals surface area contributed by atoms with Gasteiger partial charge in [0, 0.05) is 0 Å². The highest BCUT2D eigenvalue weighted by Crippen LogP contribution is 2.25. The molecule has 0 heterocycles. The van der Waals surface area contributed by atoms with Crippen molar-refractivity contribution in [2.24, 2.45) is 11.8 Å². The Bertz CT molecular complexity index is 242. The summed E-state index contributed by atoms with van der Waals surface area (Å²) in [6, 6.07) is 0. The van der Waals surface area contributed by atoms with Crippen LogP contribution in [0.5, 0.6) is 0 Å². The fraction of sp³-hybridized carbons (Fsp3) is 0.818. The van der Waals surface area contributed by atoms with Crippen LogP contribution >= 0.6 is 9.24 Å². The molecule has 0 aliphatic carbocycles. The van der Waals surface area contributed by atoms with Crippen molar-refractivity contribution in [2.75, 3.05) is 13.6 Å². The molecule has 2 heteroatoms. The van der Waals surface area contributed by atoms with Crippen molar-refractivity contribution in [3.8, 4) is 12.3 Å². The first kappa shape index (κ1) is 34.9. The van der Waals surface area contributed by atoms with Crippen LogP contribution in [0.2, 0.25) is 0 Å². The smallest absolute Gasteiger partial charge is 0.00297 e. The van der Waals surface area contributed by atoms with Crippen molar-refractivity contribution in [3.63, 3.8) is 0 Å². The highest BCUT2D eigenvalue weighted by molar-refractivity contribution is 7.18. The molecule has 0 aromatic rings. The molecule has 0 aromatic heterocycles. The zero-order valence-corrected chi connectivity index (χ0v) is 20.2. The standard InChI is InChI=1S/C7H14.C6H15P.C4H11N.C3H4.C2H6/c1-4-6-7(3)5-2;1-5(2)6(3,4)7;1-3-4-5-2;1-3-2;1-2/h4,6-7H,5H2,1-3H3;5H,7H2,1-4H3;5H,3-4H2,1-2H3;1H,2H3;1-2H3. The van der Waals surface area contributed by atoms with Gasteiger partial charge in [-0.15, -0.1) is 21.6 Å². The molecule has 0 fully saturated rings. The maximum absolute atomic E-state index is 4.60. The molecule has 2 unspecified atom stereocenters. The summed E-state index contributed by atoms with van der Waals surface area (Å²) in [5, 5.41) is 3.43. The van der Waals surface area contributed by atoms with Crippen LogP contribution in [0.25, 0.3) is 0 Å². The van der Waals surface area contributed by atoms with Gasteiger partial charge in [0.1, 0.15) is 0 Å². The minimum Gasteiger partial charge on any atom is -0.320 e. The van der Waals surface area contributed by atoms with E-state index in [1.54, 1.807) is 6.92 Å². The second-order valence-electron chi connectivity index (χ2n) is 6.28. The summed E-state index contributed by atoms with van der Waals surface area (Å²) in [6.45, 7) is 24.3.